The zero-order valence-electron chi connectivity index (χ0n) is 10.9. The van der Waals surface area contributed by atoms with Crippen LogP contribution in [0, 0.1) is 0 Å². The second-order valence-corrected chi connectivity index (χ2v) is 4.46. The molecule has 0 saturated carbocycles. The molecule has 2 unspecified atom stereocenters. The predicted molar refractivity (Wildman–Crippen MR) is 71.3 cm³/mol. The van der Waals surface area contributed by atoms with Crippen molar-refractivity contribution in [2.24, 2.45) is 0 Å². The molecule has 1 aromatic heterocycles. The second kappa shape index (κ2) is 5.85. The summed E-state index contributed by atoms with van der Waals surface area (Å²) in [5.74, 6) is -0.604. The zero-order valence-corrected chi connectivity index (χ0v) is 10.9. The van der Waals surface area contributed by atoms with Crippen LogP contribution in [0.25, 0.3) is 10.9 Å². The summed E-state index contributed by atoms with van der Waals surface area (Å²) in [7, 11) is 1.21. The van der Waals surface area contributed by atoms with Crippen LogP contribution in [0.2, 0.25) is 0 Å². The number of aliphatic hydroxyl groups excluding tert-OH is 2. The molecule has 2 atom stereocenters. The lowest BCUT2D eigenvalue weighted by Crippen LogP contribution is -2.22. The highest BCUT2D eigenvalue weighted by Crippen LogP contribution is 2.25. The first-order valence-electron chi connectivity index (χ1n) is 6.06. The number of H-pyrrole nitrogens is 1. The van der Waals surface area contributed by atoms with Crippen LogP contribution in [0.15, 0.2) is 24.4 Å². The summed E-state index contributed by atoms with van der Waals surface area (Å²) in [5, 5.41) is 20.5. The Morgan fingerprint density at radius 2 is 2.20 bits per heavy atom. The van der Waals surface area contributed by atoms with Crippen molar-refractivity contribution in [3.63, 3.8) is 0 Å². The molecule has 106 valence electrons. The molecular weight excluding hydrogens is 262 g/mol. The largest absolute Gasteiger partial charge is 0.469 e. The van der Waals surface area contributed by atoms with Gasteiger partial charge in [0.15, 0.2) is 6.29 Å². The molecule has 6 nitrogen and oxygen atoms in total. The molecule has 0 aliphatic rings. The normalized spacial score (nSPS) is 13.9. The number of hydrogen-bond donors (Lipinski definition) is 3. The first-order chi connectivity index (χ1) is 9.56. The molecule has 0 bridgehead atoms. The number of aldehydes is 1. The summed E-state index contributed by atoms with van der Waals surface area (Å²) in [4.78, 5) is 24.9. The molecule has 0 aliphatic heterocycles. The van der Waals surface area contributed by atoms with Crippen molar-refractivity contribution in [3.8, 4) is 0 Å². The summed E-state index contributed by atoms with van der Waals surface area (Å²) in [6, 6.07) is 4.94. The maximum atomic E-state index is 11.1. The average molecular weight is 277 g/mol. The molecular formula is C14H15NO5. The third kappa shape index (κ3) is 2.71. The van der Waals surface area contributed by atoms with Gasteiger partial charge in [0.25, 0.3) is 0 Å². The maximum Gasteiger partial charge on any atom is 0.308 e. The van der Waals surface area contributed by atoms with Gasteiger partial charge in [0, 0.05) is 22.7 Å². The van der Waals surface area contributed by atoms with E-state index >= 15 is 0 Å². The third-order valence-corrected chi connectivity index (χ3v) is 3.17. The number of carbonyl (C=O) groups excluding carboxylic acids is 2. The van der Waals surface area contributed by atoms with Crippen molar-refractivity contribution in [3.05, 3.63) is 35.5 Å². The van der Waals surface area contributed by atoms with Gasteiger partial charge in [-0.2, -0.15) is 0 Å². The minimum absolute atomic E-state index is 0.302. The Bertz CT molecular complexity index is 634. The highest BCUT2D eigenvalue weighted by Gasteiger charge is 2.22. The van der Waals surface area contributed by atoms with Crippen LogP contribution in [-0.2, 0) is 9.53 Å². The molecule has 6 heteroatoms. The molecule has 2 rings (SSSR count). The summed E-state index contributed by atoms with van der Waals surface area (Å²) in [5.41, 5.74) is 1.65. The lowest BCUT2D eigenvalue weighted by molar-refractivity contribution is -0.144. The fourth-order valence-electron chi connectivity index (χ4n) is 2.03. The van der Waals surface area contributed by atoms with Crippen molar-refractivity contribution in [2.45, 2.75) is 18.6 Å². The first-order valence-corrected chi connectivity index (χ1v) is 6.06. The van der Waals surface area contributed by atoms with Gasteiger partial charge in [0.2, 0.25) is 0 Å². The molecule has 0 fully saturated rings. The van der Waals surface area contributed by atoms with Gasteiger partial charge in [-0.15, -0.1) is 0 Å². The number of aliphatic hydroxyl groups is 2. The van der Waals surface area contributed by atoms with Gasteiger partial charge in [-0.05, 0) is 17.7 Å². The van der Waals surface area contributed by atoms with Crippen LogP contribution in [-0.4, -0.2) is 40.7 Å². The van der Waals surface area contributed by atoms with E-state index in [1.165, 1.54) is 7.11 Å². The number of methoxy groups -OCH3 is 1. The number of ether oxygens (including phenoxy) is 1. The highest BCUT2D eigenvalue weighted by atomic mass is 16.5. The van der Waals surface area contributed by atoms with E-state index in [0.717, 1.165) is 5.52 Å². The molecule has 20 heavy (non-hydrogen) atoms. The van der Waals surface area contributed by atoms with Gasteiger partial charge in [-0.3, -0.25) is 9.59 Å². The number of rotatable bonds is 5. The molecule has 2 aromatic rings. The zero-order chi connectivity index (χ0) is 14.7. The first kappa shape index (κ1) is 14.2. The minimum atomic E-state index is -1.27. The van der Waals surface area contributed by atoms with Gasteiger partial charge in [-0.25, -0.2) is 0 Å². The standard InChI is InChI=1S/C14H15NO5/c1-20-13(18)5-12(17)14(19)8-2-3-11-10(4-8)9(7-16)6-15-11/h2-4,6-7,12,14-15,17,19H,5H2,1H3. The molecule has 0 spiro atoms. The third-order valence-electron chi connectivity index (χ3n) is 3.17. The number of nitrogens with one attached hydrogen (secondary N) is 1. The van der Waals surface area contributed by atoms with Crippen LogP contribution in [0.3, 0.4) is 0 Å². The van der Waals surface area contributed by atoms with Gasteiger partial charge >= 0.3 is 5.97 Å². The number of aromatic amines is 1. The van der Waals surface area contributed by atoms with Crippen LogP contribution in [0.5, 0.6) is 0 Å². The minimum Gasteiger partial charge on any atom is -0.469 e. The number of hydrogen-bond acceptors (Lipinski definition) is 5. The number of fused-ring (bicyclic) bond motifs is 1. The second-order valence-electron chi connectivity index (χ2n) is 4.46. The lowest BCUT2D eigenvalue weighted by Gasteiger charge is -2.17. The van der Waals surface area contributed by atoms with Crippen molar-refractivity contribution in [2.75, 3.05) is 7.11 Å². The van der Waals surface area contributed by atoms with Crippen molar-refractivity contribution in [1.29, 1.82) is 0 Å². The quantitative estimate of drug-likeness (QED) is 0.558. The lowest BCUT2D eigenvalue weighted by atomic mass is 10.00. The molecule has 1 aromatic carbocycles. The fourth-order valence-corrected chi connectivity index (χ4v) is 2.03. The van der Waals surface area contributed by atoms with E-state index in [2.05, 4.69) is 9.72 Å². The van der Waals surface area contributed by atoms with Crippen molar-refractivity contribution in [1.82, 2.24) is 4.98 Å². The van der Waals surface area contributed by atoms with E-state index in [9.17, 15) is 19.8 Å². The van der Waals surface area contributed by atoms with Gasteiger partial charge in [0.05, 0.1) is 19.6 Å². The summed E-state index contributed by atoms with van der Waals surface area (Å²) < 4.78 is 4.44. The average Bonchev–Trinajstić information content (AvgIpc) is 2.88. The highest BCUT2D eigenvalue weighted by molar-refractivity contribution is 5.97. The Morgan fingerprint density at radius 3 is 2.85 bits per heavy atom. The fraction of sp³-hybridized carbons (Fsp3) is 0.286. The van der Waals surface area contributed by atoms with Crippen molar-refractivity contribution >= 4 is 23.2 Å². The van der Waals surface area contributed by atoms with Gasteiger partial charge in [0.1, 0.15) is 6.10 Å². The summed E-state index contributed by atoms with van der Waals surface area (Å²) in [6.45, 7) is 0. The van der Waals surface area contributed by atoms with Crippen LogP contribution >= 0.6 is 0 Å². The summed E-state index contributed by atoms with van der Waals surface area (Å²) >= 11 is 0. The Balaban J connectivity index is 2.27. The van der Waals surface area contributed by atoms with Crippen LogP contribution < -0.4 is 0 Å². The van der Waals surface area contributed by atoms with Crippen molar-refractivity contribution < 1.29 is 24.5 Å². The molecule has 1 heterocycles. The van der Waals surface area contributed by atoms with Crippen LogP contribution in [0.1, 0.15) is 28.4 Å². The van der Waals surface area contributed by atoms with E-state index in [-0.39, 0.29) is 6.42 Å². The predicted octanol–water partition coefficient (Wildman–Crippen LogP) is 0.938. The van der Waals surface area contributed by atoms with Gasteiger partial charge in [-0.1, -0.05) is 6.07 Å². The maximum absolute atomic E-state index is 11.1. The number of aromatic nitrogens is 1. The smallest absolute Gasteiger partial charge is 0.308 e. The molecule has 0 aliphatic carbocycles. The molecule has 3 N–H and O–H groups in total. The van der Waals surface area contributed by atoms with Gasteiger partial charge < -0.3 is 19.9 Å². The number of esters is 1. The summed E-state index contributed by atoms with van der Waals surface area (Å²) in [6.07, 6.45) is -0.520. The Kier molecular flexibility index (Phi) is 4.16. The topological polar surface area (TPSA) is 99.6 Å². The Labute approximate surface area is 115 Å². The molecule has 0 amide bonds. The van der Waals surface area contributed by atoms with E-state index in [0.29, 0.717) is 22.8 Å². The van der Waals surface area contributed by atoms with E-state index in [4.69, 9.17) is 0 Å². The van der Waals surface area contributed by atoms with E-state index in [1.54, 1.807) is 24.4 Å². The molecule has 0 saturated heterocycles. The monoisotopic (exact) mass is 277 g/mol. The van der Waals surface area contributed by atoms with Crippen LogP contribution in [0.4, 0.5) is 0 Å². The Morgan fingerprint density at radius 1 is 1.45 bits per heavy atom. The van der Waals surface area contributed by atoms with E-state index < -0.39 is 18.2 Å². The Hall–Kier alpha value is -2.18. The molecule has 0 radical (unpaired) electrons. The number of benzene rings is 1. The van der Waals surface area contributed by atoms with E-state index in [1.807, 2.05) is 0 Å². The number of carbonyl (C=O) groups is 2. The SMILES string of the molecule is COC(=O)CC(O)C(O)c1ccc2[nH]cc(C=O)c2c1.